The van der Waals surface area contributed by atoms with E-state index in [1.165, 1.54) is 19.3 Å². The third-order valence-corrected chi connectivity index (χ3v) is 4.34. The Morgan fingerprint density at radius 1 is 1.26 bits per heavy atom. The largest absolute Gasteiger partial charge is 0.351 e. The number of nitrogens with zero attached hydrogens (tertiary/aromatic N) is 5. The van der Waals surface area contributed by atoms with E-state index in [1.54, 1.807) is 12.4 Å². The fourth-order valence-electron chi connectivity index (χ4n) is 3.35. The van der Waals surface area contributed by atoms with Crippen molar-refractivity contribution in [3.05, 3.63) is 18.1 Å². The van der Waals surface area contributed by atoms with Gasteiger partial charge in [0.1, 0.15) is 6.07 Å². The van der Waals surface area contributed by atoms with Crippen molar-refractivity contribution in [2.75, 3.05) is 24.5 Å². The summed E-state index contributed by atoms with van der Waals surface area (Å²) in [6, 6.07) is 3.44. The average Bonchev–Trinajstić information content (AvgIpc) is 2.47. The van der Waals surface area contributed by atoms with Gasteiger partial charge in [-0.25, -0.2) is 9.97 Å². The normalized spacial score (nSPS) is 27.7. The molecule has 5 nitrogen and oxygen atoms in total. The predicted molar refractivity (Wildman–Crippen MR) is 72.8 cm³/mol. The van der Waals surface area contributed by atoms with Gasteiger partial charge in [-0.05, 0) is 19.8 Å². The molecule has 2 fully saturated rings. The summed E-state index contributed by atoms with van der Waals surface area (Å²) in [5, 5.41) is 9.13. The first-order valence-electron chi connectivity index (χ1n) is 7.01. The van der Waals surface area contributed by atoms with Crippen LogP contribution in [0.15, 0.2) is 12.4 Å². The van der Waals surface area contributed by atoms with Crippen molar-refractivity contribution in [2.45, 2.75) is 38.3 Å². The number of rotatable bonds is 1. The molecule has 0 spiro atoms. The second-order valence-electron chi connectivity index (χ2n) is 5.46. The van der Waals surface area contributed by atoms with Crippen LogP contribution >= 0.6 is 0 Å². The fourth-order valence-corrected chi connectivity index (χ4v) is 3.35. The molecule has 0 aliphatic carbocycles. The molecule has 0 radical (unpaired) electrons. The Bertz CT molecular complexity index is 495. The van der Waals surface area contributed by atoms with E-state index in [4.69, 9.17) is 5.26 Å². The summed E-state index contributed by atoms with van der Waals surface area (Å²) in [7, 11) is 0. The Morgan fingerprint density at radius 3 is 2.95 bits per heavy atom. The van der Waals surface area contributed by atoms with Crippen molar-refractivity contribution >= 4 is 5.82 Å². The van der Waals surface area contributed by atoms with Gasteiger partial charge in [0.05, 0.1) is 0 Å². The van der Waals surface area contributed by atoms with Crippen LogP contribution in [-0.2, 0) is 0 Å². The molecule has 0 unspecified atom stereocenters. The van der Waals surface area contributed by atoms with Crippen molar-refractivity contribution in [1.82, 2.24) is 14.9 Å². The highest BCUT2D eigenvalue weighted by Gasteiger charge is 2.33. The SMILES string of the molecule is C[C@H]1CCC[C@H]2CN(c3nccnc3C#N)CCN21. The molecule has 0 amide bonds. The summed E-state index contributed by atoms with van der Waals surface area (Å²) in [4.78, 5) is 13.3. The second kappa shape index (κ2) is 5.14. The number of nitriles is 1. The molecule has 3 rings (SSSR count). The minimum Gasteiger partial charge on any atom is -0.351 e. The minimum atomic E-state index is 0.444. The van der Waals surface area contributed by atoms with Gasteiger partial charge in [-0.2, -0.15) is 5.26 Å². The van der Waals surface area contributed by atoms with Crippen LogP contribution in [0, 0.1) is 11.3 Å². The van der Waals surface area contributed by atoms with Crippen LogP contribution in [0.4, 0.5) is 5.82 Å². The first-order valence-corrected chi connectivity index (χ1v) is 7.01. The van der Waals surface area contributed by atoms with Crippen LogP contribution in [0.1, 0.15) is 31.9 Å². The van der Waals surface area contributed by atoms with E-state index < -0.39 is 0 Å². The third kappa shape index (κ3) is 2.28. The van der Waals surface area contributed by atoms with E-state index >= 15 is 0 Å². The van der Waals surface area contributed by atoms with Crippen molar-refractivity contribution in [3.8, 4) is 6.07 Å². The molecule has 0 N–H and O–H groups in total. The molecule has 2 aliphatic rings. The summed E-state index contributed by atoms with van der Waals surface area (Å²) in [6.45, 7) is 5.30. The lowest BCUT2D eigenvalue weighted by Crippen LogP contribution is -2.58. The molecule has 0 bridgehead atoms. The number of hydrogen-bond donors (Lipinski definition) is 0. The van der Waals surface area contributed by atoms with Crippen molar-refractivity contribution < 1.29 is 0 Å². The van der Waals surface area contributed by atoms with Crippen LogP contribution in [0.2, 0.25) is 0 Å². The highest BCUT2D eigenvalue weighted by atomic mass is 15.3. The maximum Gasteiger partial charge on any atom is 0.183 e. The van der Waals surface area contributed by atoms with E-state index in [0.717, 1.165) is 25.5 Å². The van der Waals surface area contributed by atoms with Gasteiger partial charge in [-0.15, -0.1) is 0 Å². The molecule has 0 aromatic carbocycles. The molecule has 2 atom stereocenters. The highest BCUT2D eigenvalue weighted by Crippen LogP contribution is 2.28. The molecular formula is C14H19N5. The van der Waals surface area contributed by atoms with Crippen molar-refractivity contribution in [3.63, 3.8) is 0 Å². The minimum absolute atomic E-state index is 0.444. The van der Waals surface area contributed by atoms with Gasteiger partial charge in [-0.1, -0.05) is 6.42 Å². The Morgan fingerprint density at radius 2 is 2.11 bits per heavy atom. The van der Waals surface area contributed by atoms with Gasteiger partial charge >= 0.3 is 0 Å². The number of aromatic nitrogens is 2. The van der Waals surface area contributed by atoms with Gasteiger partial charge in [0.25, 0.3) is 0 Å². The van der Waals surface area contributed by atoms with E-state index in [9.17, 15) is 0 Å². The second-order valence-corrected chi connectivity index (χ2v) is 5.46. The Kier molecular flexibility index (Phi) is 3.34. The van der Waals surface area contributed by atoms with E-state index in [1.807, 2.05) is 0 Å². The first-order chi connectivity index (χ1) is 9.29. The third-order valence-electron chi connectivity index (χ3n) is 4.34. The Labute approximate surface area is 113 Å². The molecule has 100 valence electrons. The zero-order valence-corrected chi connectivity index (χ0v) is 11.3. The number of fused-ring (bicyclic) bond motifs is 1. The van der Waals surface area contributed by atoms with Gasteiger partial charge < -0.3 is 4.90 Å². The predicted octanol–water partition coefficient (Wildman–Crippen LogP) is 1.41. The first kappa shape index (κ1) is 12.4. The average molecular weight is 257 g/mol. The van der Waals surface area contributed by atoms with Gasteiger partial charge in [0.15, 0.2) is 11.5 Å². The highest BCUT2D eigenvalue weighted by molar-refractivity contribution is 5.50. The lowest BCUT2D eigenvalue weighted by molar-refractivity contribution is 0.0815. The molecule has 1 aromatic heterocycles. The molecule has 5 heteroatoms. The summed E-state index contributed by atoms with van der Waals surface area (Å²) >= 11 is 0. The van der Waals surface area contributed by atoms with Gasteiger partial charge in [0, 0.05) is 44.1 Å². The lowest BCUT2D eigenvalue weighted by Gasteiger charge is -2.47. The summed E-state index contributed by atoms with van der Waals surface area (Å²) in [5.74, 6) is 0.753. The van der Waals surface area contributed by atoms with E-state index in [2.05, 4.69) is 32.8 Å². The summed E-state index contributed by atoms with van der Waals surface area (Å²) in [5.41, 5.74) is 0.444. The number of piperazine rings is 1. The molecular weight excluding hydrogens is 238 g/mol. The Balaban J connectivity index is 1.79. The topological polar surface area (TPSA) is 56.1 Å². The maximum atomic E-state index is 9.13. The molecule has 19 heavy (non-hydrogen) atoms. The Hall–Kier alpha value is -1.67. The summed E-state index contributed by atoms with van der Waals surface area (Å²) in [6.07, 6.45) is 7.13. The number of anilines is 1. The molecule has 0 saturated carbocycles. The zero-order valence-electron chi connectivity index (χ0n) is 11.3. The fraction of sp³-hybridized carbons (Fsp3) is 0.643. The quantitative estimate of drug-likeness (QED) is 0.761. The summed E-state index contributed by atoms with van der Waals surface area (Å²) < 4.78 is 0. The number of piperidine rings is 1. The smallest absolute Gasteiger partial charge is 0.183 e. The number of hydrogen-bond acceptors (Lipinski definition) is 5. The molecule has 3 heterocycles. The van der Waals surface area contributed by atoms with Crippen LogP contribution < -0.4 is 4.90 Å². The van der Waals surface area contributed by atoms with Crippen molar-refractivity contribution in [1.29, 1.82) is 5.26 Å². The van der Waals surface area contributed by atoms with Gasteiger partial charge in [-0.3, -0.25) is 4.90 Å². The van der Waals surface area contributed by atoms with Crippen LogP contribution in [0.5, 0.6) is 0 Å². The standard InChI is InChI=1S/C14H19N5/c1-11-3-2-4-12-10-18(7-8-19(11)12)14-13(9-15)16-5-6-17-14/h5-6,11-12H,2-4,7-8,10H2,1H3/t11-,12-/m0/s1. The van der Waals surface area contributed by atoms with Crippen molar-refractivity contribution in [2.24, 2.45) is 0 Å². The van der Waals surface area contributed by atoms with Crippen LogP contribution in [-0.4, -0.2) is 46.6 Å². The monoisotopic (exact) mass is 257 g/mol. The van der Waals surface area contributed by atoms with E-state index in [0.29, 0.717) is 17.8 Å². The van der Waals surface area contributed by atoms with E-state index in [-0.39, 0.29) is 0 Å². The zero-order chi connectivity index (χ0) is 13.2. The maximum absolute atomic E-state index is 9.13. The van der Waals surface area contributed by atoms with Crippen LogP contribution in [0.3, 0.4) is 0 Å². The van der Waals surface area contributed by atoms with Gasteiger partial charge in [0.2, 0.25) is 0 Å². The molecule has 2 aliphatic heterocycles. The molecule has 2 saturated heterocycles. The molecule has 1 aromatic rings. The van der Waals surface area contributed by atoms with Crippen LogP contribution in [0.25, 0.3) is 0 Å². The lowest BCUT2D eigenvalue weighted by atomic mass is 9.94.